The van der Waals surface area contributed by atoms with Crippen LogP contribution in [0.5, 0.6) is 0 Å². The Labute approximate surface area is 180 Å². The Morgan fingerprint density at radius 3 is 2.06 bits per heavy atom. The van der Waals surface area contributed by atoms with Gasteiger partial charge in [0.2, 0.25) is 5.91 Å². The monoisotopic (exact) mass is 413 g/mol. The largest absolute Gasteiger partial charge is 0.463 e. The first-order valence-corrected chi connectivity index (χ1v) is 10.1. The fourth-order valence-electron chi connectivity index (χ4n) is 3.45. The Morgan fingerprint density at radius 1 is 0.903 bits per heavy atom. The molecule has 2 aromatic carbocycles. The minimum Gasteiger partial charge on any atom is -0.463 e. The van der Waals surface area contributed by atoms with Gasteiger partial charge in [0.05, 0.1) is 6.26 Å². The minimum absolute atomic E-state index is 0.182. The predicted molar refractivity (Wildman–Crippen MR) is 118 cm³/mol. The minimum atomic E-state index is -0.769. The summed E-state index contributed by atoms with van der Waals surface area (Å²) in [6.07, 6.45) is 1.54. The molecule has 0 aliphatic carbocycles. The molecule has 0 N–H and O–H groups in total. The number of amides is 1. The molecule has 0 aliphatic rings. The molecule has 31 heavy (non-hydrogen) atoms. The Kier molecular flexibility index (Phi) is 6.08. The Balaban J connectivity index is 1.64. The molecular weight excluding hydrogens is 390 g/mol. The van der Waals surface area contributed by atoms with Gasteiger partial charge < -0.3 is 9.32 Å². The number of hydrogen-bond acceptors (Lipinski definition) is 4. The molecule has 1 unspecified atom stereocenters. The highest BCUT2D eigenvalue weighted by molar-refractivity contribution is 5.80. The van der Waals surface area contributed by atoms with E-state index in [-0.39, 0.29) is 11.5 Å². The molecule has 1 atom stereocenters. The van der Waals surface area contributed by atoms with E-state index in [2.05, 4.69) is 5.10 Å². The molecular formula is C25H23N3O3. The van der Waals surface area contributed by atoms with E-state index < -0.39 is 6.04 Å². The number of furan rings is 1. The van der Waals surface area contributed by atoms with Gasteiger partial charge in [-0.05, 0) is 36.2 Å². The second kappa shape index (κ2) is 9.26. The fraction of sp³-hybridized carbons (Fsp3) is 0.160. The van der Waals surface area contributed by atoms with E-state index >= 15 is 0 Å². The summed E-state index contributed by atoms with van der Waals surface area (Å²) in [5.41, 5.74) is 2.20. The lowest BCUT2D eigenvalue weighted by atomic mass is 10.1. The summed E-state index contributed by atoms with van der Waals surface area (Å²) in [5, 5.41) is 4.40. The topological polar surface area (TPSA) is 68.3 Å². The Hall–Kier alpha value is -3.93. The van der Waals surface area contributed by atoms with Crippen molar-refractivity contribution in [2.45, 2.75) is 26.1 Å². The van der Waals surface area contributed by atoms with Crippen LogP contribution in [0.25, 0.3) is 11.5 Å². The van der Waals surface area contributed by atoms with E-state index in [1.165, 1.54) is 10.7 Å². The van der Waals surface area contributed by atoms with E-state index in [9.17, 15) is 9.59 Å². The number of carbonyl (C=O) groups excluding carboxylic acids is 1. The van der Waals surface area contributed by atoms with E-state index in [1.54, 1.807) is 36.3 Å². The van der Waals surface area contributed by atoms with Crippen molar-refractivity contribution in [3.8, 4) is 11.5 Å². The summed E-state index contributed by atoms with van der Waals surface area (Å²) in [7, 11) is 0. The highest BCUT2D eigenvalue weighted by Crippen LogP contribution is 2.18. The van der Waals surface area contributed by atoms with E-state index in [0.29, 0.717) is 24.5 Å². The van der Waals surface area contributed by atoms with Gasteiger partial charge in [-0.3, -0.25) is 9.59 Å². The predicted octanol–water partition coefficient (Wildman–Crippen LogP) is 4.29. The lowest BCUT2D eigenvalue weighted by Crippen LogP contribution is -2.39. The van der Waals surface area contributed by atoms with Crippen LogP contribution < -0.4 is 5.56 Å². The number of rotatable bonds is 7. The Bertz CT molecular complexity index is 1140. The summed E-state index contributed by atoms with van der Waals surface area (Å²) in [5.74, 6) is 0.359. The molecule has 2 heterocycles. The summed E-state index contributed by atoms with van der Waals surface area (Å²) in [4.78, 5) is 27.8. The molecule has 0 aliphatic heterocycles. The van der Waals surface area contributed by atoms with Crippen molar-refractivity contribution in [1.29, 1.82) is 0 Å². The third-order valence-corrected chi connectivity index (χ3v) is 5.07. The van der Waals surface area contributed by atoms with Gasteiger partial charge in [-0.25, -0.2) is 4.68 Å². The van der Waals surface area contributed by atoms with E-state index in [1.807, 2.05) is 60.7 Å². The SMILES string of the molecule is CC(C(=O)N(Cc1ccccc1)Cc1ccccc1)n1nc(-c2ccco2)ccc1=O. The second-order valence-corrected chi connectivity index (χ2v) is 7.32. The Morgan fingerprint density at radius 2 is 1.52 bits per heavy atom. The summed E-state index contributed by atoms with van der Waals surface area (Å²) in [6.45, 7) is 2.57. The zero-order chi connectivity index (χ0) is 21.6. The summed E-state index contributed by atoms with van der Waals surface area (Å²) >= 11 is 0. The smallest absolute Gasteiger partial charge is 0.267 e. The van der Waals surface area contributed by atoms with Gasteiger partial charge in [-0.1, -0.05) is 60.7 Å². The van der Waals surface area contributed by atoms with Crippen LogP contribution in [0.2, 0.25) is 0 Å². The normalized spacial score (nSPS) is 11.8. The van der Waals surface area contributed by atoms with E-state index in [4.69, 9.17) is 4.42 Å². The van der Waals surface area contributed by atoms with Crippen molar-refractivity contribution in [2.75, 3.05) is 0 Å². The highest BCUT2D eigenvalue weighted by Gasteiger charge is 2.24. The average molecular weight is 413 g/mol. The number of hydrogen-bond donors (Lipinski definition) is 0. The van der Waals surface area contributed by atoms with Gasteiger partial charge in [0.15, 0.2) is 5.76 Å². The van der Waals surface area contributed by atoms with Gasteiger partial charge in [-0.2, -0.15) is 5.10 Å². The molecule has 0 saturated carbocycles. The molecule has 0 radical (unpaired) electrons. The van der Waals surface area contributed by atoms with Gasteiger partial charge in [0.25, 0.3) is 5.56 Å². The molecule has 4 aromatic rings. The average Bonchev–Trinajstić information content (AvgIpc) is 3.34. The van der Waals surface area contributed by atoms with Crippen LogP contribution in [0.1, 0.15) is 24.1 Å². The quantitative estimate of drug-likeness (QED) is 0.453. The van der Waals surface area contributed by atoms with E-state index in [0.717, 1.165) is 11.1 Å². The highest BCUT2D eigenvalue weighted by atomic mass is 16.3. The molecule has 6 heteroatoms. The lowest BCUT2D eigenvalue weighted by Gasteiger charge is -2.26. The summed E-state index contributed by atoms with van der Waals surface area (Å²) < 4.78 is 6.61. The molecule has 0 spiro atoms. The van der Waals surface area contributed by atoms with Crippen molar-refractivity contribution < 1.29 is 9.21 Å². The molecule has 1 amide bonds. The zero-order valence-electron chi connectivity index (χ0n) is 17.2. The molecule has 0 saturated heterocycles. The first-order valence-electron chi connectivity index (χ1n) is 10.1. The van der Waals surface area contributed by atoms with Crippen molar-refractivity contribution in [3.05, 3.63) is 113 Å². The van der Waals surface area contributed by atoms with Crippen LogP contribution >= 0.6 is 0 Å². The number of aromatic nitrogens is 2. The van der Waals surface area contributed by atoms with Crippen LogP contribution in [-0.2, 0) is 17.9 Å². The molecule has 2 aromatic heterocycles. The van der Waals surface area contributed by atoms with Gasteiger partial charge >= 0.3 is 0 Å². The third-order valence-electron chi connectivity index (χ3n) is 5.07. The van der Waals surface area contributed by atoms with Gasteiger partial charge in [-0.15, -0.1) is 0 Å². The number of benzene rings is 2. The van der Waals surface area contributed by atoms with Crippen LogP contribution in [0, 0.1) is 0 Å². The fourth-order valence-corrected chi connectivity index (χ4v) is 3.45. The number of carbonyl (C=O) groups is 1. The molecule has 0 fully saturated rings. The van der Waals surface area contributed by atoms with Crippen LogP contribution in [0.3, 0.4) is 0 Å². The van der Waals surface area contributed by atoms with Crippen LogP contribution in [0.4, 0.5) is 0 Å². The van der Waals surface area contributed by atoms with Crippen molar-refractivity contribution in [3.63, 3.8) is 0 Å². The maximum Gasteiger partial charge on any atom is 0.267 e. The van der Waals surface area contributed by atoms with Crippen LogP contribution in [-0.4, -0.2) is 20.6 Å². The maximum absolute atomic E-state index is 13.5. The van der Waals surface area contributed by atoms with Gasteiger partial charge in [0, 0.05) is 19.2 Å². The first kappa shape index (κ1) is 20.3. The van der Waals surface area contributed by atoms with Crippen molar-refractivity contribution >= 4 is 5.91 Å². The lowest BCUT2D eigenvalue weighted by molar-refractivity contribution is -0.136. The standard InChI is InChI=1S/C25H23N3O3/c1-19(28-24(29)15-14-22(26-28)23-13-8-16-31-23)25(30)27(17-20-9-4-2-5-10-20)18-21-11-6-3-7-12-21/h2-16,19H,17-18H2,1H3. The maximum atomic E-state index is 13.5. The third kappa shape index (κ3) is 4.80. The number of nitrogens with zero attached hydrogens (tertiary/aromatic N) is 3. The summed E-state index contributed by atoms with van der Waals surface area (Å²) in [6, 6.07) is 25.4. The molecule has 4 rings (SSSR count). The van der Waals surface area contributed by atoms with Crippen molar-refractivity contribution in [2.24, 2.45) is 0 Å². The molecule has 6 nitrogen and oxygen atoms in total. The second-order valence-electron chi connectivity index (χ2n) is 7.32. The van der Waals surface area contributed by atoms with Crippen LogP contribution in [0.15, 0.2) is 100 Å². The van der Waals surface area contributed by atoms with Crippen molar-refractivity contribution in [1.82, 2.24) is 14.7 Å². The van der Waals surface area contributed by atoms with Gasteiger partial charge in [0.1, 0.15) is 11.7 Å². The first-order chi connectivity index (χ1) is 15.1. The molecule has 156 valence electrons. The molecule has 0 bridgehead atoms. The zero-order valence-corrected chi connectivity index (χ0v) is 17.2.